The lowest BCUT2D eigenvalue weighted by atomic mass is 10.2. The second-order valence-corrected chi connectivity index (χ2v) is 7.34. The third-order valence-electron chi connectivity index (χ3n) is 2.33. The minimum atomic E-state index is -0.790. The van der Waals surface area contributed by atoms with Crippen LogP contribution in [0.3, 0.4) is 0 Å². The summed E-state index contributed by atoms with van der Waals surface area (Å²) in [6, 6.07) is 3.79. The Morgan fingerprint density at radius 1 is 1.32 bits per heavy atom. The highest BCUT2D eigenvalue weighted by Gasteiger charge is 2.26. The predicted octanol–water partition coefficient (Wildman–Crippen LogP) is 4.39. The third-order valence-corrected chi connectivity index (χ3v) is 4.52. The van der Waals surface area contributed by atoms with E-state index in [0.29, 0.717) is 15.6 Å². The van der Waals surface area contributed by atoms with Gasteiger partial charge in [0.1, 0.15) is 15.5 Å². The highest BCUT2D eigenvalue weighted by molar-refractivity contribution is 8.19. The molecule has 2 rings (SSSR count). The minimum absolute atomic E-state index is 0.344. The average Bonchev–Trinajstić information content (AvgIpc) is 3.02. The van der Waals surface area contributed by atoms with Gasteiger partial charge < -0.3 is 4.74 Å². The van der Waals surface area contributed by atoms with Crippen LogP contribution in [0.1, 0.15) is 32.6 Å². The first-order chi connectivity index (χ1) is 10.3. The Bertz CT molecular complexity index is 683. The molecular weight excluding hydrogens is 322 g/mol. The number of hydrogen-bond donors (Lipinski definition) is 0. The van der Waals surface area contributed by atoms with Gasteiger partial charge in [0, 0.05) is 0 Å². The molecule has 0 N–H and O–H groups in total. The van der Waals surface area contributed by atoms with E-state index in [-0.39, 0.29) is 5.91 Å². The fourth-order valence-corrected chi connectivity index (χ4v) is 3.17. The maximum Gasteiger partial charge on any atom is 0.452 e. The van der Waals surface area contributed by atoms with E-state index in [2.05, 4.69) is 15.2 Å². The van der Waals surface area contributed by atoms with Gasteiger partial charge >= 0.3 is 6.09 Å². The van der Waals surface area contributed by atoms with Crippen LogP contribution in [-0.2, 0) is 9.53 Å². The summed E-state index contributed by atoms with van der Waals surface area (Å²) in [7, 11) is 0. The molecule has 0 saturated carbocycles. The van der Waals surface area contributed by atoms with Gasteiger partial charge in [-0.2, -0.15) is 4.99 Å². The van der Waals surface area contributed by atoms with E-state index < -0.39 is 11.7 Å². The summed E-state index contributed by atoms with van der Waals surface area (Å²) >= 11 is 2.74. The molecular formula is C14H15N3O3S2. The molecule has 0 fully saturated rings. The molecule has 6 nitrogen and oxygen atoms in total. The number of azo groups is 1. The van der Waals surface area contributed by atoms with Crippen molar-refractivity contribution in [1.29, 1.82) is 0 Å². The van der Waals surface area contributed by atoms with Crippen molar-refractivity contribution in [2.24, 2.45) is 15.2 Å². The second-order valence-electron chi connectivity index (χ2n) is 5.40. The van der Waals surface area contributed by atoms with Crippen molar-refractivity contribution in [2.75, 3.05) is 0 Å². The molecule has 0 spiro atoms. The molecule has 1 aromatic heterocycles. The van der Waals surface area contributed by atoms with E-state index in [9.17, 15) is 9.59 Å². The zero-order valence-electron chi connectivity index (χ0n) is 12.6. The van der Waals surface area contributed by atoms with Gasteiger partial charge in [0.2, 0.25) is 0 Å². The maximum absolute atomic E-state index is 11.9. The normalized spacial score (nSPS) is 17.8. The van der Waals surface area contributed by atoms with Gasteiger partial charge in [-0.15, -0.1) is 16.5 Å². The van der Waals surface area contributed by atoms with Crippen LogP contribution >= 0.6 is 23.1 Å². The van der Waals surface area contributed by atoms with Gasteiger partial charge in [-0.05, 0) is 39.1 Å². The summed E-state index contributed by atoms with van der Waals surface area (Å²) in [6.07, 6.45) is -0.790. The molecule has 0 aromatic carbocycles. The van der Waals surface area contributed by atoms with E-state index >= 15 is 0 Å². The van der Waals surface area contributed by atoms with Crippen molar-refractivity contribution >= 4 is 40.1 Å². The van der Waals surface area contributed by atoms with Gasteiger partial charge in [0.15, 0.2) is 0 Å². The first-order valence-electron chi connectivity index (χ1n) is 6.46. The Morgan fingerprint density at radius 3 is 2.64 bits per heavy atom. The van der Waals surface area contributed by atoms with Crippen molar-refractivity contribution in [1.82, 2.24) is 0 Å². The van der Waals surface area contributed by atoms with Crippen molar-refractivity contribution in [3.8, 4) is 0 Å². The lowest BCUT2D eigenvalue weighted by Gasteiger charge is -2.16. The molecule has 0 atom stereocenters. The van der Waals surface area contributed by atoms with Crippen LogP contribution in [0, 0.1) is 0 Å². The highest BCUT2D eigenvalue weighted by Crippen LogP contribution is 2.34. The molecule has 22 heavy (non-hydrogen) atoms. The van der Waals surface area contributed by atoms with Gasteiger partial charge in [0.25, 0.3) is 5.91 Å². The zero-order chi connectivity index (χ0) is 16.3. The maximum atomic E-state index is 11.9. The number of amides is 2. The number of ether oxygens (including phenoxy) is 1. The summed E-state index contributed by atoms with van der Waals surface area (Å²) < 4.78 is 5.02. The average molecular weight is 337 g/mol. The predicted molar refractivity (Wildman–Crippen MR) is 87.2 cm³/mol. The van der Waals surface area contributed by atoms with Crippen molar-refractivity contribution < 1.29 is 14.3 Å². The van der Waals surface area contributed by atoms with Crippen LogP contribution in [0.2, 0.25) is 0 Å². The van der Waals surface area contributed by atoms with Crippen LogP contribution in [-0.4, -0.2) is 22.6 Å². The Kier molecular flexibility index (Phi) is 4.92. The van der Waals surface area contributed by atoms with Crippen molar-refractivity contribution in [2.45, 2.75) is 33.3 Å². The topological polar surface area (TPSA) is 80.4 Å². The third kappa shape index (κ3) is 4.35. The summed E-state index contributed by atoms with van der Waals surface area (Å²) in [5, 5.41) is 9.80. The number of carbonyl (C=O) groups is 2. The van der Waals surface area contributed by atoms with E-state index in [1.807, 2.05) is 17.5 Å². The number of rotatable bonds is 2. The molecule has 1 aromatic rings. The fourth-order valence-electron chi connectivity index (χ4n) is 1.48. The Morgan fingerprint density at radius 2 is 2.05 bits per heavy atom. The van der Waals surface area contributed by atoms with Crippen LogP contribution in [0.15, 0.2) is 43.3 Å². The highest BCUT2D eigenvalue weighted by atomic mass is 32.2. The van der Waals surface area contributed by atoms with Gasteiger partial charge in [-0.3, -0.25) is 4.79 Å². The number of hydrogen-bond acceptors (Lipinski definition) is 6. The molecule has 116 valence electrons. The van der Waals surface area contributed by atoms with Crippen LogP contribution in [0.25, 0.3) is 0 Å². The molecule has 1 aliphatic heterocycles. The van der Waals surface area contributed by atoms with Gasteiger partial charge in [-0.25, -0.2) is 4.79 Å². The second kappa shape index (κ2) is 6.53. The Labute approximate surface area is 136 Å². The lowest BCUT2D eigenvalue weighted by molar-refractivity contribution is -0.113. The summed E-state index contributed by atoms with van der Waals surface area (Å²) in [5.41, 5.74) is -0.291. The smallest absolute Gasteiger partial charge is 0.441 e. The van der Waals surface area contributed by atoms with Crippen LogP contribution in [0.5, 0.6) is 0 Å². The van der Waals surface area contributed by atoms with Gasteiger partial charge in [-0.1, -0.05) is 22.9 Å². The zero-order valence-corrected chi connectivity index (χ0v) is 14.2. The summed E-state index contributed by atoms with van der Waals surface area (Å²) in [6.45, 7) is 6.83. The molecule has 2 amide bonds. The Balaban J connectivity index is 2.09. The van der Waals surface area contributed by atoms with E-state index in [4.69, 9.17) is 4.74 Å². The summed E-state index contributed by atoms with van der Waals surface area (Å²) in [5.74, 6) is -0.367. The van der Waals surface area contributed by atoms with Crippen molar-refractivity contribution in [3.63, 3.8) is 0 Å². The minimum Gasteiger partial charge on any atom is -0.441 e. The number of aliphatic imine (C=N–C) groups is 1. The van der Waals surface area contributed by atoms with Crippen molar-refractivity contribution in [3.05, 3.63) is 33.0 Å². The SMILES string of the molecule is C/C(N=NC(=O)OC(C)(C)C)=C1/SC(c2cccs2)=NC1=O. The molecule has 2 heterocycles. The molecule has 0 aliphatic carbocycles. The first kappa shape index (κ1) is 16.6. The molecule has 0 radical (unpaired) electrons. The number of thiophene rings is 1. The first-order valence-corrected chi connectivity index (χ1v) is 8.16. The monoisotopic (exact) mass is 337 g/mol. The van der Waals surface area contributed by atoms with E-state index in [1.54, 1.807) is 27.7 Å². The number of thioether (sulfide) groups is 1. The number of carbonyl (C=O) groups excluding carboxylic acids is 2. The molecule has 0 saturated heterocycles. The molecule has 1 aliphatic rings. The Hall–Kier alpha value is -1.80. The molecule has 0 bridgehead atoms. The fraction of sp³-hybridized carbons (Fsp3) is 0.357. The van der Waals surface area contributed by atoms with E-state index in [0.717, 1.165) is 4.88 Å². The standard InChI is InChI=1S/C14H15N3O3S2/c1-8(16-17-13(19)20-14(2,3)4)10-11(18)15-12(22-10)9-6-5-7-21-9/h5-7H,1-4H3/b10-8-,17-16?. The van der Waals surface area contributed by atoms with Crippen LogP contribution in [0.4, 0.5) is 4.79 Å². The quantitative estimate of drug-likeness (QED) is 0.592. The number of nitrogens with zero attached hydrogens (tertiary/aromatic N) is 3. The summed E-state index contributed by atoms with van der Waals surface area (Å²) in [4.78, 5) is 28.7. The van der Waals surface area contributed by atoms with E-state index in [1.165, 1.54) is 23.1 Å². The van der Waals surface area contributed by atoms with Gasteiger partial charge in [0.05, 0.1) is 10.6 Å². The number of allylic oxidation sites excluding steroid dienone is 1. The largest absolute Gasteiger partial charge is 0.452 e. The lowest BCUT2D eigenvalue weighted by Crippen LogP contribution is -2.21. The molecule has 0 unspecified atom stereocenters. The molecule has 8 heteroatoms. The van der Waals surface area contributed by atoms with Crippen LogP contribution < -0.4 is 0 Å².